The van der Waals surface area contributed by atoms with Gasteiger partial charge in [-0.1, -0.05) is 121 Å². The first-order valence-electron chi connectivity index (χ1n) is 15.8. The molecule has 0 atom stereocenters. The number of rotatable bonds is 4. The summed E-state index contributed by atoms with van der Waals surface area (Å²) in [6.07, 6.45) is 1.90. The van der Waals surface area contributed by atoms with Crippen molar-refractivity contribution in [2.24, 2.45) is 0 Å². The third-order valence-electron chi connectivity index (χ3n) is 9.35. The number of pyridine rings is 1. The topological polar surface area (TPSA) is 17.8 Å². The summed E-state index contributed by atoms with van der Waals surface area (Å²) < 4.78 is 2.35. The molecule has 0 saturated heterocycles. The Hall–Kier alpha value is -5.99. The third-order valence-corrected chi connectivity index (χ3v) is 9.35. The largest absolute Gasteiger partial charge is 0.307 e. The maximum absolute atomic E-state index is 4.87. The number of hydrogen-bond acceptors (Lipinski definition) is 1. The van der Waals surface area contributed by atoms with Crippen LogP contribution in [0.15, 0.2) is 164 Å². The van der Waals surface area contributed by atoms with Crippen LogP contribution in [-0.2, 0) is 0 Å². The molecule has 2 nitrogen and oxygen atoms in total. The summed E-state index contributed by atoms with van der Waals surface area (Å²) in [5, 5.41) is 6.22. The molecule has 2 heteroatoms. The highest BCUT2D eigenvalue weighted by Gasteiger charge is 2.18. The molecule has 0 unspecified atom stereocenters. The Morgan fingerprint density at radius 2 is 1.00 bits per heavy atom. The van der Waals surface area contributed by atoms with Gasteiger partial charge in [0.1, 0.15) is 0 Å². The first-order valence-corrected chi connectivity index (χ1v) is 15.8. The second-order valence-electron chi connectivity index (χ2n) is 12.0. The lowest BCUT2D eigenvalue weighted by Crippen LogP contribution is -1.96. The maximum Gasteiger partial charge on any atom is 0.0963 e. The molecule has 0 aliphatic carbocycles. The van der Waals surface area contributed by atoms with E-state index in [-0.39, 0.29) is 0 Å². The summed E-state index contributed by atoms with van der Waals surface area (Å²) >= 11 is 0. The standard InChI is InChI=1S/C44H30N2/c1-29-13-5-10-22-39(29)46-40-25-24-32(28-38(40)44-41(46)23-12-26-45-44)31-16-11-17-33(27-31)43-36-20-8-6-18-34(36)42(30-14-3-2-4-15-30)35-19-7-9-21-37(35)43/h2-28H,1H3. The number of aromatic nitrogens is 2. The smallest absolute Gasteiger partial charge is 0.0963 e. The van der Waals surface area contributed by atoms with Crippen molar-refractivity contribution >= 4 is 43.5 Å². The molecular weight excluding hydrogens is 556 g/mol. The van der Waals surface area contributed by atoms with Gasteiger partial charge in [-0.3, -0.25) is 4.98 Å². The van der Waals surface area contributed by atoms with Gasteiger partial charge in [-0.25, -0.2) is 0 Å². The normalized spacial score (nSPS) is 11.6. The van der Waals surface area contributed by atoms with E-state index in [0.29, 0.717) is 0 Å². The summed E-state index contributed by atoms with van der Waals surface area (Å²) in [4.78, 5) is 4.87. The molecule has 0 saturated carbocycles. The third kappa shape index (κ3) is 4.08. The van der Waals surface area contributed by atoms with E-state index in [2.05, 4.69) is 163 Å². The molecular formula is C44H30N2. The maximum atomic E-state index is 4.87. The Balaban J connectivity index is 1.26. The summed E-state index contributed by atoms with van der Waals surface area (Å²) in [6, 6.07) is 57.1. The van der Waals surface area contributed by atoms with Gasteiger partial charge in [0, 0.05) is 17.3 Å². The van der Waals surface area contributed by atoms with Crippen LogP contribution in [0, 0.1) is 6.92 Å². The van der Waals surface area contributed by atoms with Gasteiger partial charge in [0.05, 0.1) is 16.6 Å². The van der Waals surface area contributed by atoms with Crippen LogP contribution in [0.1, 0.15) is 5.56 Å². The monoisotopic (exact) mass is 586 g/mol. The minimum atomic E-state index is 1.02. The van der Waals surface area contributed by atoms with E-state index >= 15 is 0 Å². The van der Waals surface area contributed by atoms with E-state index in [4.69, 9.17) is 4.98 Å². The number of aryl methyl sites for hydroxylation is 1. The lowest BCUT2D eigenvalue weighted by atomic mass is 9.85. The predicted octanol–water partition coefficient (Wildman–Crippen LogP) is 11.8. The highest BCUT2D eigenvalue weighted by atomic mass is 15.0. The molecule has 9 rings (SSSR count). The van der Waals surface area contributed by atoms with Crippen molar-refractivity contribution in [3.05, 3.63) is 169 Å². The lowest BCUT2D eigenvalue weighted by Gasteiger charge is -2.18. The molecule has 216 valence electrons. The van der Waals surface area contributed by atoms with Gasteiger partial charge < -0.3 is 4.57 Å². The SMILES string of the molecule is Cc1ccccc1-n1c2ccc(-c3cccc(-c4c5ccccc5c(-c5ccccc5)c5ccccc45)c3)cc2c2ncccc21. The molecule has 2 aromatic heterocycles. The van der Waals surface area contributed by atoms with E-state index in [1.807, 2.05) is 12.3 Å². The van der Waals surface area contributed by atoms with Crippen LogP contribution in [-0.4, -0.2) is 9.55 Å². The molecule has 0 aliphatic heterocycles. The van der Waals surface area contributed by atoms with Gasteiger partial charge >= 0.3 is 0 Å². The molecule has 0 amide bonds. The summed E-state index contributed by atoms with van der Waals surface area (Å²) in [5.74, 6) is 0. The second kappa shape index (κ2) is 10.6. The highest BCUT2D eigenvalue weighted by Crippen LogP contribution is 2.44. The zero-order valence-electron chi connectivity index (χ0n) is 25.5. The summed E-state index contributed by atoms with van der Waals surface area (Å²) in [7, 11) is 0. The molecule has 0 N–H and O–H groups in total. The Kier molecular flexibility index (Phi) is 6.07. The van der Waals surface area contributed by atoms with Crippen LogP contribution in [0.5, 0.6) is 0 Å². The minimum Gasteiger partial charge on any atom is -0.307 e. The Labute approximate surface area is 267 Å². The average molecular weight is 587 g/mol. The van der Waals surface area contributed by atoms with Crippen molar-refractivity contribution in [2.75, 3.05) is 0 Å². The first-order chi connectivity index (χ1) is 22.8. The van der Waals surface area contributed by atoms with E-state index in [9.17, 15) is 0 Å². The minimum absolute atomic E-state index is 1.02. The van der Waals surface area contributed by atoms with Crippen LogP contribution in [0.3, 0.4) is 0 Å². The fourth-order valence-corrected chi connectivity index (χ4v) is 7.30. The number of fused-ring (bicyclic) bond motifs is 5. The summed E-state index contributed by atoms with van der Waals surface area (Å²) in [5.41, 5.74) is 13.1. The van der Waals surface area contributed by atoms with Crippen LogP contribution >= 0.6 is 0 Å². The van der Waals surface area contributed by atoms with Gasteiger partial charge in [-0.2, -0.15) is 0 Å². The van der Waals surface area contributed by atoms with Crippen molar-refractivity contribution in [1.29, 1.82) is 0 Å². The van der Waals surface area contributed by atoms with Crippen molar-refractivity contribution in [3.63, 3.8) is 0 Å². The van der Waals surface area contributed by atoms with Gasteiger partial charge in [-0.05, 0) is 104 Å². The second-order valence-corrected chi connectivity index (χ2v) is 12.0. The molecule has 0 bridgehead atoms. The van der Waals surface area contributed by atoms with Crippen LogP contribution in [0.4, 0.5) is 0 Å². The molecule has 2 heterocycles. The Morgan fingerprint density at radius 1 is 0.413 bits per heavy atom. The molecule has 0 aliphatic rings. The lowest BCUT2D eigenvalue weighted by molar-refractivity contribution is 1.15. The van der Waals surface area contributed by atoms with Gasteiger partial charge in [0.2, 0.25) is 0 Å². The predicted molar refractivity (Wildman–Crippen MR) is 195 cm³/mol. The van der Waals surface area contributed by atoms with Crippen LogP contribution < -0.4 is 0 Å². The number of nitrogens with zero attached hydrogens (tertiary/aromatic N) is 2. The molecule has 0 spiro atoms. The van der Waals surface area contributed by atoms with E-state index in [0.717, 1.165) is 21.9 Å². The van der Waals surface area contributed by atoms with Crippen molar-refractivity contribution in [3.8, 4) is 39.1 Å². The van der Waals surface area contributed by atoms with E-state index in [1.165, 1.54) is 66.2 Å². The molecule has 0 radical (unpaired) electrons. The molecule has 9 aromatic rings. The van der Waals surface area contributed by atoms with Gasteiger partial charge in [0.25, 0.3) is 0 Å². The summed E-state index contributed by atoms with van der Waals surface area (Å²) in [6.45, 7) is 2.17. The van der Waals surface area contributed by atoms with Crippen LogP contribution in [0.25, 0.3) is 82.5 Å². The van der Waals surface area contributed by atoms with Crippen molar-refractivity contribution in [2.45, 2.75) is 6.92 Å². The highest BCUT2D eigenvalue weighted by molar-refractivity contribution is 6.21. The fraction of sp³-hybridized carbons (Fsp3) is 0.0227. The molecule has 46 heavy (non-hydrogen) atoms. The zero-order chi connectivity index (χ0) is 30.6. The zero-order valence-corrected chi connectivity index (χ0v) is 25.5. The van der Waals surface area contributed by atoms with E-state index in [1.54, 1.807) is 0 Å². The van der Waals surface area contributed by atoms with Gasteiger partial charge in [0.15, 0.2) is 0 Å². The van der Waals surface area contributed by atoms with Crippen molar-refractivity contribution < 1.29 is 0 Å². The first kappa shape index (κ1) is 26.4. The molecule has 7 aromatic carbocycles. The van der Waals surface area contributed by atoms with E-state index < -0.39 is 0 Å². The average Bonchev–Trinajstić information content (AvgIpc) is 3.44. The van der Waals surface area contributed by atoms with Crippen LogP contribution in [0.2, 0.25) is 0 Å². The Bertz CT molecular complexity index is 2530. The number of para-hydroxylation sites is 1. The molecule has 0 fully saturated rings. The van der Waals surface area contributed by atoms with Gasteiger partial charge in [-0.15, -0.1) is 0 Å². The Morgan fingerprint density at radius 3 is 1.72 bits per heavy atom. The number of hydrogen-bond donors (Lipinski definition) is 0. The quantitative estimate of drug-likeness (QED) is 0.188. The van der Waals surface area contributed by atoms with Crippen molar-refractivity contribution in [1.82, 2.24) is 9.55 Å². The number of benzene rings is 7. The fourth-order valence-electron chi connectivity index (χ4n) is 7.30.